The molecule has 23 heavy (non-hydrogen) atoms. The summed E-state index contributed by atoms with van der Waals surface area (Å²) in [6.07, 6.45) is 1.74. The van der Waals surface area contributed by atoms with E-state index in [0.29, 0.717) is 19.7 Å². The first-order chi connectivity index (χ1) is 10.6. The molecule has 1 amide bonds. The van der Waals surface area contributed by atoms with E-state index in [1.807, 2.05) is 4.90 Å². The third kappa shape index (κ3) is 4.35. The highest BCUT2D eigenvalue weighted by Gasteiger charge is 2.30. The Bertz CT molecular complexity index is 553. The van der Waals surface area contributed by atoms with Gasteiger partial charge in [-0.15, -0.1) is 12.4 Å². The molecule has 2 atom stereocenters. The molecule has 1 aromatic carbocycles. The monoisotopic (exact) mass is 362 g/mol. The zero-order chi connectivity index (χ0) is 15.5. The van der Waals surface area contributed by atoms with E-state index >= 15 is 0 Å². The molecule has 128 valence electrons. The molecule has 2 aliphatic heterocycles. The molecular weight excluding hydrogens is 342 g/mol. The molecule has 0 aliphatic carbocycles. The van der Waals surface area contributed by atoms with Crippen molar-refractivity contribution in [2.24, 2.45) is 5.92 Å². The van der Waals surface area contributed by atoms with Crippen LogP contribution in [0.25, 0.3) is 0 Å². The predicted molar refractivity (Wildman–Crippen MR) is 89.5 cm³/mol. The smallest absolute Gasteiger partial charge is 0.227 e. The van der Waals surface area contributed by atoms with E-state index in [0.717, 1.165) is 31.5 Å². The first kappa shape index (κ1) is 18.5. The van der Waals surface area contributed by atoms with E-state index in [1.165, 1.54) is 6.07 Å². The van der Waals surface area contributed by atoms with Crippen molar-refractivity contribution >= 4 is 29.9 Å². The molecule has 2 unspecified atom stereocenters. The summed E-state index contributed by atoms with van der Waals surface area (Å²) >= 11 is 5.83. The third-order valence-corrected chi connectivity index (χ3v) is 4.63. The van der Waals surface area contributed by atoms with Crippen molar-refractivity contribution in [2.45, 2.75) is 18.9 Å². The van der Waals surface area contributed by atoms with E-state index in [2.05, 4.69) is 5.32 Å². The maximum Gasteiger partial charge on any atom is 0.227 e. The highest BCUT2D eigenvalue weighted by atomic mass is 35.5. The van der Waals surface area contributed by atoms with Crippen molar-refractivity contribution in [2.75, 3.05) is 32.8 Å². The zero-order valence-corrected chi connectivity index (χ0v) is 14.3. The van der Waals surface area contributed by atoms with Gasteiger partial charge >= 0.3 is 0 Å². The Labute approximate surface area is 146 Å². The molecule has 2 fully saturated rings. The molecule has 0 aromatic heterocycles. The van der Waals surface area contributed by atoms with E-state index in [1.54, 1.807) is 12.1 Å². The molecule has 1 aromatic rings. The van der Waals surface area contributed by atoms with Gasteiger partial charge in [-0.3, -0.25) is 4.79 Å². The fourth-order valence-electron chi connectivity index (χ4n) is 3.08. The molecular formula is C16H21Cl2FN2O2. The Morgan fingerprint density at radius 2 is 2.26 bits per heavy atom. The number of carbonyl (C=O) groups is 1. The SMILES string of the molecule is Cl.O=C(C1CCCNC1)N1CCOC(c2ccc(F)c(Cl)c2)C1. The quantitative estimate of drug-likeness (QED) is 0.879. The first-order valence-corrected chi connectivity index (χ1v) is 8.09. The average Bonchev–Trinajstić information content (AvgIpc) is 2.57. The molecule has 2 saturated heterocycles. The van der Waals surface area contributed by atoms with Gasteiger partial charge in [0.1, 0.15) is 11.9 Å². The molecule has 0 bridgehead atoms. The molecule has 1 N–H and O–H groups in total. The summed E-state index contributed by atoms with van der Waals surface area (Å²) in [4.78, 5) is 14.5. The van der Waals surface area contributed by atoms with Crippen molar-refractivity contribution in [1.29, 1.82) is 0 Å². The minimum absolute atomic E-state index is 0. The van der Waals surface area contributed by atoms with Crippen LogP contribution in [0.15, 0.2) is 18.2 Å². The van der Waals surface area contributed by atoms with E-state index in [4.69, 9.17) is 16.3 Å². The van der Waals surface area contributed by atoms with Crippen LogP contribution in [0.2, 0.25) is 5.02 Å². The van der Waals surface area contributed by atoms with Crippen LogP contribution in [-0.2, 0) is 9.53 Å². The topological polar surface area (TPSA) is 41.6 Å². The van der Waals surface area contributed by atoms with E-state index < -0.39 is 5.82 Å². The normalized spacial score (nSPS) is 24.9. The average molecular weight is 363 g/mol. The third-order valence-electron chi connectivity index (χ3n) is 4.34. The van der Waals surface area contributed by atoms with Crippen LogP contribution >= 0.6 is 24.0 Å². The second-order valence-corrected chi connectivity index (χ2v) is 6.27. The number of hydrogen-bond donors (Lipinski definition) is 1. The minimum atomic E-state index is -0.442. The summed E-state index contributed by atoms with van der Waals surface area (Å²) in [5.41, 5.74) is 0.811. The minimum Gasteiger partial charge on any atom is -0.370 e. The highest BCUT2D eigenvalue weighted by Crippen LogP contribution is 2.27. The summed E-state index contributed by atoms with van der Waals surface area (Å²) in [5, 5.41) is 3.36. The van der Waals surface area contributed by atoms with Crippen molar-refractivity contribution < 1.29 is 13.9 Å². The number of amides is 1. The van der Waals surface area contributed by atoms with Gasteiger partial charge in [0.25, 0.3) is 0 Å². The van der Waals surface area contributed by atoms with Crippen molar-refractivity contribution in [1.82, 2.24) is 10.2 Å². The summed E-state index contributed by atoms with van der Waals surface area (Å²) in [6, 6.07) is 4.59. The van der Waals surface area contributed by atoms with Gasteiger partial charge in [-0.2, -0.15) is 0 Å². The Morgan fingerprint density at radius 3 is 2.96 bits per heavy atom. The lowest BCUT2D eigenvalue weighted by Crippen LogP contribution is -2.48. The Morgan fingerprint density at radius 1 is 1.43 bits per heavy atom. The van der Waals surface area contributed by atoms with Crippen LogP contribution in [0, 0.1) is 11.7 Å². The van der Waals surface area contributed by atoms with Crippen LogP contribution in [0.4, 0.5) is 4.39 Å². The number of carbonyl (C=O) groups excluding carboxylic acids is 1. The Kier molecular flexibility index (Phi) is 6.65. The zero-order valence-electron chi connectivity index (χ0n) is 12.8. The molecule has 2 heterocycles. The number of nitrogens with zero attached hydrogens (tertiary/aromatic N) is 1. The Balaban J connectivity index is 0.00000192. The fourth-order valence-corrected chi connectivity index (χ4v) is 3.27. The lowest BCUT2D eigenvalue weighted by molar-refractivity contribution is -0.143. The van der Waals surface area contributed by atoms with Crippen LogP contribution in [-0.4, -0.2) is 43.6 Å². The van der Waals surface area contributed by atoms with Gasteiger partial charge in [-0.25, -0.2) is 4.39 Å². The second kappa shape index (κ2) is 8.29. The largest absolute Gasteiger partial charge is 0.370 e. The number of piperidine rings is 1. The molecule has 0 saturated carbocycles. The number of benzene rings is 1. The maximum atomic E-state index is 13.3. The number of morpholine rings is 1. The van der Waals surface area contributed by atoms with E-state index in [9.17, 15) is 9.18 Å². The molecule has 0 spiro atoms. The second-order valence-electron chi connectivity index (χ2n) is 5.86. The van der Waals surface area contributed by atoms with Gasteiger partial charge < -0.3 is 15.0 Å². The predicted octanol–water partition coefficient (Wildman–Crippen LogP) is 2.80. The summed E-state index contributed by atoms with van der Waals surface area (Å²) < 4.78 is 19.0. The van der Waals surface area contributed by atoms with Gasteiger partial charge in [0.15, 0.2) is 0 Å². The van der Waals surface area contributed by atoms with Gasteiger partial charge in [-0.05, 0) is 37.1 Å². The molecule has 4 nitrogen and oxygen atoms in total. The Hall–Kier alpha value is -0.880. The summed E-state index contributed by atoms with van der Waals surface area (Å²) in [6.45, 7) is 3.34. The van der Waals surface area contributed by atoms with Gasteiger partial charge in [0, 0.05) is 13.1 Å². The lowest BCUT2D eigenvalue weighted by Gasteiger charge is -2.36. The number of nitrogens with one attached hydrogen (secondary N) is 1. The maximum absolute atomic E-state index is 13.3. The van der Waals surface area contributed by atoms with Crippen LogP contribution in [0.1, 0.15) is 24.5 Å². The van der Waals surface area contributed by atoms with Gasteiger partial charge in [0.2, 0.25) is 5.91 Å². The van der Waals surface area contributed by atoms with Gasteiger partial charge in [-0.1, -0.05) is 17.7 Å². The molecule has 0 radical (unpaired) electrons. The molecule has 2 aliphatic rings. The highest BCUT2D eigenvalue weighted by molar-refractivity contribution is 6.30. The standard InChI is InChI=1S/C16H20ClFN2O2.ClH/c17-13-8-11(3-4-14(13)18)15-10-20(6-7-22-15)16(21)12-2-1-5-19-9-12;/h3-4,8,12,15,19H,1-2,5-7,9-10H2;1H. The number of ether oxygens (including phenoxy) is 1. The summed E-state index contributed by atoms with van der Waals surface area (Å²) in [5.74, 6) is -0.194. The van der Waals surface area contributed by atoms with Crippen LogP contribution in [0.5, 0.6) is 0 Å². The van der Waals surface area contributed by atoms with E-state index in [-0.39, 0.29) is 35.4 Å². The number of halogens is 3. The molecule has 3 rings (SSSR count). The lowest BCUT2D eigenvalue weighted by atomic mass is 9.97. The first-order valence-electron chi connectivity index (χ1n) is 7.71. The number of rotatable bonds is 2. The van der Waals surface area contributed by atoms with Gasteiger partial charge in [0.05, 0.1) is 24.1 Å². The van der Waals surface area contributed by atoms with Crippen molar-refractivity contribution in [3.8, 4) is 0 Å². The van der Waals surface area contributed by atoms with Crippen molar-refractivity contribution in [3.63, 3.8) is 0 Å². The van der Waals surface area contributed by atoms with Crippen molar-refractivity contribution in [3.05, 3.63) is 34.6 Å². The summed E-state index contributed by atoms with van der Waals surface area (Å²) in [7, 11) is 0. The van der Waals surface area contributed by atoms with Crippen LogP contribution < -0.4 is 5.32 Å². The fraction of sp³-hybridized carbons (Fsp3) is 0.562. The molecule has 7 heteroatoms. The van der Waals surface area contributed by atoms with Crippen LogP contribution in [0.3, 0.4) is 0 Å². The number of hydrogen-bond acceptors (Lipinski definition) is 3.